The van der Waals surface area contributed by atoms with E-state index in [1.165, 1.54) is 0 Å². The fraction of sp³-hybridized carbons (Fsp3) is 0.900. The van der Waals surface area contributed by atoms with Gasteiger partial charge in [0.1, 0.15) is 5.54 Å². The van der Waals surface area contributed by atoms with Crippen LogP contribution in [0.15, 0.2) is 0 Å². The highest BCUT2D eigenvalue weighted by Gasteiger charge is 2.64. The topological polar surface area (TPSA) is 55.1 Å². The first kappa shape index (κ1) is 11.7. The van der Waals surface area contributed by atoms with Crippen molar-refractivity contribution in [2.75, 3.05) is 0 Å². The Bertz CT molecular complexity index is 295. The smallest absolute Gasteiger partial charge is 0.342 e. The van der Waals surface area contributed by atoms with Gasteiger partial charge in [0.25, 0.3) is 0 Å². The molecule has 2 aliphatic rings. The van der Waals surface area contributed by atoms with Crippen LogP contribution < -0.4 is 11.1 Å². The third-order valence-corrected chi connectivity index (χ3v) is 3.32. The number of nitrogens with one attached hydrogen (secondary N) is 1. The molecule has 2 rings (SSSR count). The molecule has 0 aromatic carbocycles. The lowest BCUT2D eigenvalue weighted by Gasteiger charge is -2.21. The monoisotopic (exact) mass is 236 g/mol. The number of carbonyl (C=O) groups excluding carboxylic acids is 1. The van der Waals surface area contributed by atoms with Crippen molar-refractivity contribution < 1.29 is 18.0 Å². The minimum atomic E-state index is -4.34. The largest absolute Gasteiger partial charge is 0.411 e. The molecule has 0 spiro atoms. The summed E-state index contributed by atoms with van der Waals surface area (Å²) in [6, 6.07) is -0.288. The molecule has 92 valence electrons. The molecule has 3 N–H and O–H groups in total. The molecule has 1 unspecified atom stereocenters. The fourth-order valence-electron chi connectivity index (χ4n) is 1.83. The van der Waals surface area contributed by atoms with E-state index in [9.17, 15) is 18.0 Å². The molecule has 2 aliphatic carbocycles. The number of halogens is 3. The van der Waals surface area contributed by atoms with Crippen LogP contribution >= 0.6 is 0 Å². The van der Waals surface area contributed by atoms with Crippen LogP contribution in [0.1, 0.15) is 32.1 Å². The molecule has 1 amide bonds. The first-order chi connectivity index (χ1) is 7.34. The van der Waals surface area contributed by atoms with Crippen molar-refractivity contribution in [1.82, 2.24) is 5.32 Å². The molecule has 0 heterocycles. The van der Waals surface area contributed by atoms with Gasteiger partial charge in [-0.05, 0) is 31.6 Å². The van der Waals surface area contributed by atoms with Crippen molar-refractivity contribution in [1.29, 1.82) is 0 Å². The molecular weight excluding hydrogens is 221 g/mol. The molecule has 0 aliphatic heterocycles. The van der Waals surface area contributed by atoms with E-state index in [4.69, 9.17) is 5.73 Å². The van der Waals surface area contributed by atoms with Crippen LogP contribution in [0.2, 0.25) is 0 Å². The van der Waals surface area contributed by atoms with Gasteiger partial charge < -0.3 is 11.1 Å². The van der Waals surface area contributed by atoms with Crippen molar-refractivity contribution >= 4 is 5.91 Å². The number of rotatable bonds is 4. The first-order valence-corrected chi connectivity index (χ1v) is 5.47. The molecule has 2 fully saturated rings. The number of carbonyl (C=O) groups is 1. The van der Waals surface area contributed by atoms with E-state index in [2.05, 4.69) is 5.32 Å². The van der Waals surface area contributed by atoms with Crippen LogP contribution in [0, 0.1) is 5.92 Å². The average molecular weight is 236 g/mol. The highest BCUT2D eigenvalue weighted by atomic mass is 19.4. The normalized spacial score (nSPS) is 25.0. The van der Waals surface area contributed by atoms with E-state index in [0.29, 0.717) is 5.92 Å². The Balaban J connectivity index is 1.83. The lowest BCUT2D eigenvalue weighted by Crippen LogP contribution is -2.49. The molecule has 1 atom stereocenters. The third-order valence-electron chi connectivity index (χ3n) is 3.32. The molecule has 0 saturated heterocycles. The standard InChI is InChI=1S/C10H15F3N2O/c11-10(12,13)9(3-4-9)15-8(16)5-7(14)6-1-2-6/h6-7H,1-5,14H2,(H,15,16). The number of hydrogen-bond acceptors (Lipinski definition) is 2. The van der Waals surface area contributed by atoms with Gasteiger partial charge in [-0.2, -0.15) is 13.2 Å². The van der Waals surface area contributed by atoms with Gasteiger partial charge in [0.2, 0.25) is 5.91 Å². The van der Waals surface area contributed by atoms with E-state index >= 15 is 0 Å². The number of alkyl halides is 3. The molecule has 0 bridgehead atoms. The van der Waals surface area contributed by atoms with Crippen LogP contribution in [-0.2, 0) is 4.79 Å². The fourth-order valence-corrected chi connectivity index (χ4v) is 1.83. The Labute approximate surface area is 91.6 Å². The highest BCUT2D eigenvalue weighted by molar-refractivity contribution is 5.78. The van der Waals surface area contributed by atoms with Crippen molar-refractivity contribution in [3.05, 3.63) is 0 Å². The van der Waals surface area contributed by atoms with Crippen LogP contribution in [0.4, 0.5) is 13.2 Å². The van der Waals surface area contributed by atoms with Crippen molar-refractivity contribution in [3.63, 3.8) is 0 Å². The zero-order valence-corrected chi connectivity index (χ0v) is 8.81. The summed E-state index contributed by atoms with van der Waals surface area (Å²) in [5, 5.41) is 2.08. The Morgan fingerprint density at radius 1 is 1.44 bits per heavy atom. The summed E-state index contributed by atoms with van der Waals surface area (Å²) in [7, 11) is 0. The van der Waals surface area contributed by atoms with Crippen molar-refractivity contribution in [2.45, 2.75) is 49.9 Å². The Hall–Kier alpha value is -0.780. The summed E-state index contributed by atoms with van der Waals surface area (Å²) in [5.41, 5.74) is 3.74. The predicted octanol–water partition coefficient (Wildman–Crippen LogP) is 1.32. The molecule has 16 heavy (non-hydrogen) atoms. The van der Waals surface area contributed by atoms with E-state index in [1.54, 1.807) is 0 Å². The molecule has 6 heteroatoms. The van der Waals surface area contributed by atoms with Crippen LogP contribution in [0.3, 0.4) is 0 Å². The summed E-state index contributed by atoms with van der Waals surface area (Å²) >= 11 is 0. The van der Waals surface area contributed by atoms with Crippen molar-refractivity contribution in [2.24, 2.45) is 11.7 Å². The van der Waals surface area contributed by atoms with Crippen LogP contribution in [-0.4, -0.2) is 23.7 Å². The number of amides is 1. The Kier molecular flexibility index (Phi) is 2.64. The SMILES string of the molecule is NC(CC(=O)NC1(C(F)(F)F)CC1)C1CC1. The lowest BCUT2D eigenvalue weighted by atomic mass is 10.1. The number of hydrogen-bond donors (Lipinski definition) is 2. The zero-order chi connectivity index (χ0) is 12.0. The maximum Gasteiger partial charge on any atom is 0.411 e. The van der Waals surface area contributed by atoms with Gasteiger partial charge in [0.05, 0.1) is 0 Å². The highest BCUT2D eigenvalue weighted by Crippen LogP contribution is 2.49. The average Bonchev–Trinajstić information content (AvgIpc) is 2.97. The molecule has 0 aromatic heterocycles. The second kappa shape index (κ2) is 3.61. The predicted molar refractivity (Wildman–Crippen MR) is 51.5 cm³/mol. The van der Waals surface area contributed by atoms with E-state index in [1.807, 2.05) is 0 Å². The summed E-state index contributed by atoms with van der Waals surface area (Å²) in [4.78, 5) is 11.4. The van der Waals surface area contributed by atoms with Gasteiger partial charge in [0, 0.05) is 12.5 Å². The molecule has 3 nitrogen and oxygen atoms in total. The van der Waals surface area contributed by atoms with Gasteiger partial charge in [-0.15, -0.1) is 0 Å². The maximum absolute atomic E-state index is 12.5. The van der Waals surface area contributed by atoms with E-state index in [0.717, 1.165) is 12.8 Å². The van der Waals surface area contributed by atoms with E-state index < -0.39 is 17.6 Å². The van der Waals surface area contributed by atoms with E-state index in [-0.39, 0.29) is 25.3 Å². The maximum atomic E-state index is 12.5. The lowest BCUT2D eigenvalue weighted by molar-refractivity contribution is -0.170. The van der Waals surface area contributed by atoms with Crippen LogP contribution in [0.5, 0.6) is 0 Å². The summed E-state index contributed by atoms with van der Waals surface area (Å²) < 4.78 is 37.6. The quantitative estimate of drug-likeness (QED) is 0.773. The second-order valence-electron chi connectivity index (χ2n) is 4.83. The van der Waals surface area contributed by atoms with Crippen molar-refractivity contribution in [3.8, 4) is 0 Å². The molecule has 0 radical (unpaired) electrons. The molecular formula is C10H15F3N2O. The molecule has 2 saturated carbocycles. The number of nitrogens with two attached hydrogens (primary N) is 1. The minimum Gasteiger partial charge on any atom is -0.342 e. The second-order valence-corrected chi connectivity index (χ2v) is 4.83. The Morgan fingerprint density at radius 3 is 2.38 bits per heavy atom. The summed E-state index contributed by atoms with van der Waals surface area (Å²) in [5.74, 6) is -0.249. The van der Waals surface area contributed by atoms with Crippen LogP contribution in [0.25, 0.3) is 0 Å². The van der Waals surface area contributed by atoms with Gasteiger partial charge in [-0.25, -0.2) is 0 Å². The Morgan fingerprint density at radius 2 is 2.00 bits per heavy atom. The van der Waals surface area contributed by atoms with Gasteiger partial charge in [-0.3, -0.25) is 4.79 Å². The van der Waals surface area contributed by atoms with Gasteiger partial charge in [0.15, 0.2) is 0 Å². The first-order valence-electron chi connectivity index (χ1n) is 5.47. The van der Waals surface area contributed by atoms with Gasteiger partial charge >= 0.3 is 6.18 Å². The third kappa shape index (κ3) is 2.31. The summed E-state index contributed by atoms with van der Waals surface area (Å²) in [6.45, 7) is 0. The minimum absolute atomic E-state index is 0.00248. The molecule has 0 aromatic rings. The summed E-state index contributed by atoms with van der Waals surface area (Å²) in [6.07, 6.45) is -2.39. The zero-order valence-electron chi connectivity index (χ0n) is 8.81. The van der Waals surface area contributed by atoms with Gasteiger partial charge in [-0.1, -0.05) is 0 Å².